The molecular formula is C23H28N2O5S. The Hall–Kier alpha value is -2.58. The van der Waals surface area contributed by atoms with Crippen LogP contribution in [0.5, 0.6) is 11.5 Å². The Morgan fingerprint density at radius 3 is 2.74 bits per heavy atom. The number of hydrogen-bond donors (Lipinski definition) is 1. The molecular weight excluding hydrogens is 416 g/mol. The number of nitrogens with zero attached hydrogens (tertiary/aromatic N) is 1. The Kier molecular flexibility index (Phi) is 5.47. The molecule has 0 unspecified atom stereocenters. The molecule has 0 bridgehead atoms. The van der Waals surface area contributed by atoms with Crippen molar-refractivity contribution in [3.05, 3.63) is 47.5 Å². The second-order valence-electron chi connectivity index (χ2n) is 8.58. The van der Waals surface area contributed by atoms with Crippen LogP contribution >= 0.6 is 0 Å². The van der Waals surface area contributed by atoms with Crippen molar-refractivity contribution in [3.8, 4) is 11.5 Å². The standard InChI is InChI=1S/C23H28N2O5S/c1-5-22(26)25-11-10-15-12-17(7-8-20(15)25)31(27,28)24-19-14-23(2,3)30-21-9-6-16(29-4)13-18(19)21/h6-9,12-13,19,24H,5,10-11,14H2,1-4H3/t19-/m1/s1. The zero-order valence-corrected chi connectivity index (χ0v) is 19.1. The van der Waals surface area contributed by atoms with Crippen molar-refractivity contribution < 1.29 is 22.7 Å². The van der Waals surface area contributed by atoms with Crippen molar-refractivity contribution in [1.29, 1.82) is 0 Å². The number of ether oxygens (including phenoxy) is 2. The number of amides is 1. The van der Waals surface area contributed by atoms with Crippen molar-refractivity contribution in [2.45, 2.75) is 56.6 Å². The van der Waals surface area contributed by atoms with Gasteiger partial charge >= 0.3 is 0 Å². The summed E-state index contributed by atoms with van der Waals surface area (Å²) in [4.78, 5) is 14.0. The van der Waals surface area contributed by atoms with Gasteiger partial charge in [0.05, 0.1) is 18.0 Å². The van der Waals surface area contributed by atoms with Crippen LogP contribution in [0.2, 0.25) is 0 Å². The summed E-state index contributed by atoms with van der Waals surface area (Å²) in [7, 11) is -2.21. The molecule has 1 amide bonds. The molecule has 1 atom stereocenters. The summed E-state index contributed by atoms with van der Waals surface area (Å²) in [5.41, 5.74) is 1.91. The van der Waals surface area contributed by atoms with E-state index in [2.05, 4.69) is 4.72 Å². The average molecular weight is 445 g/mol. The number of fused-ring (bicyclic) bond motifs is 2. The van der Waals surface area contributed by atoms with Gasteiger partial charge in [0.15, 0.2) is 0 Å². The van der Waals surface area contributed by atoms with Crippen molar-refractivity contribution >= 4 is 21.6 Å². The van der Waals surface area contributed by atoms with Gasteiger partial charge in [0.25, 0.3) is 0 Å². The third kappa shape index (κ3) is 4.14. The third-order valence-corrected chi connectivity index (χ3v) is 7.30. The smallest absolute Gasteiger partial charge is 0.241 e. The first-order valence-electron chi connectivity index (χ1n) is 10.5. The number of nitrogens with one attached hydrogen (secondary N) is 1. The van der Waals surface area contributed by atoms with E-state index in [1.807, 2.05) is 32.9 Å². The normalized spacial score (nSPS) is 19.4. The highest BCUT2D eigenvalue weighted by Gasteiger charge is 2.37. The van der Waals surface area contributed by atoms with E-state index in [1.165, 1.54) is 0 Å². The molecule has 7 nitrogen and oxygen atoms in total. The van der Waals surface area contributed by atoms with Crippen molar-refractivity contribution in [3.63, 3.8) is 0 Å². The summed E-state index contributed by atoms with van der Waals surface area (Å²) in [5.74, 6) is 1.33. The third-order valence-electron chi connectivity index (χ3n) is 5.83. The number of carbonyl (C=O) groups excluding carboxylic acids is 1. The predicted molar refractivity (Wildman–Crippen MR) is 118 cm³/mol. The monoisotopic (exact) mass is 444 g/mol. The lowest BCUT2D eigenvalue weighted by molar-refractivity contribution is -0.118. The fourth-order valence-electron chi connectivity index (χ4n) is 4.32. The summed E-state index contributed by atoms with van der Waals surface area (Å²) in [6, 6.07) is 9.95. The Bertz CT molecular complexity index is 1130. The molecule has 0 radical (unpaired) electrons. The van der Waals surface area contributed by atoms with Crippen LogP contribution in [0.4, 0.5) is 5.69 Å². The molecule has 0 spiro atoms. The van der Waals surface area contributed by atoms with Gasteiger partial charge in [0.1, 0.15) is 17.1 Å². The molecule has 0 fully saturated rings. The van der Waals surface area contributed by atoms with E-state index < -0.39 is 21.7 Å². The summed E-state index contributed by atoms with van der Waals surface area (Å²) in [5, 5.41) is 0. The van der Waals surface area contributed by atoms with Crippen molar-refractivity contribution in [2.75, 3.05) is 18.6 Å². The maximum absolute atomic E-state index is 13.3. The minimum absolute atomic E-state index is 0.0440. The van der Waals surface area contributed by atoms with E-state index in [9.17, 15) is 13.2 Å². The van der Waals surface area contributed by atoms with E-state index in [0.717, 1.165) is 16.8 Å². The van der Waals surface area contributed by atoms with Gasteiger partial charge in [-0.2, -0.15) is 0 Å². The van der Waals surface area contributed by atoms with Crippen LogP contribution in [0.1, 0.15) is 50.8 Å². The molecule has 0 aromatic heterocycles. The van der Waals surface area contributed by atoms with Crippen LogP contribution in [0.25, 0.3) is 0 Å². The van der Waals surface area contributed by atoms with Gasteiger partial charge in [-0.3, -0.25) is 4.79 Å². The van der Waals surface area contributed by atoms with Gasteiger partial charge in [-0.1, -0.05) is 6.92 Å². The zero-order chi connectivity index (χ0) is 22.4. The van der Waals surface area contributed by atoms with Crippen LogP contribution in [0, 0.1) is 0 Å². The first-order valence-corrected chi connectivity index (χ1v) is 11.9. The Balaban J connectivity index is 1.65. The Labute approximate surface area is 183 Å². The SMILES string of the molecule is CCC(=O)N1CCc2cc(S(=O)(=O)N[C@@H]3CC(C)(C)Oc4ccc(OC)cc43)ccc21. The average Bonchev–Trinajstić information content (AvgIpc) is 3.15. The first kappa shape index (κ1) is 21.6. The first-order chi connectivity index (χ1) is 14.6. The highest BCUT2D eigenvalue weighted by molar-refractivity contribution is 7.89. The molecule has 31 heavy (non-hydrogen) atoms. The molecule has 2 aromatic rings. The van der Waals surface area contributed by atoms with Crippen LogP contribution in [-0.2, 0) is 21.2 Å². The van der Waals surface area contributed by atoms with E-state index in [0.29, 0.717) is 37.3 Å². The number of carbonyl (C=O) groups is 1. The second-order valence-corrected chi connectivity index (χ2v) is 10.3. The van der Waals surface area contributed by atoms with Crippen molar-refractivity contribution in [2.24, 2.45) is 0 Å². The number of sulfonamides is 1. The van der Waals surface area contributed by atoms with Crippen molar-refractivity contribution in [1.82, 2.24) is 4.72 Å². The number of rotatable bonds is 5. The molecule has 2 heterocycles. The number of methoxy groups -OCH3 is 1. The summed E-state index contributed by atoms with van der Waals surface area (Å²) < 4.78 is 40.8. The number of anilines is 1. The summed E-state index contributed by atoms with van der Waals surface area (Å²) in [6.07, 6.45) is 1.55. The number of benzene rings is 2. The second kappa shape index (κ2) is 7.84. The van der Waals surface area contributed by atoms with Gasteiger partial charge in [-0.15, -0.1) is 0 Å². The lowest BCUT2D eigenvalue weighted by Crippen LogP contribution is -2.41. The van der Waals surface area contributed by atoms with Gasteiger partial charge in [-0.25, -0.2) is 13.1 Å². The Morgan fingerprint density at radius 1 is 1.26 bits per heavy atom. The molecule has 0 saturated heterocycles. The largest absolute Gasteiger partial charge is 0.497 e. The lowest BCUT2D eigenvalue weighted by Gasteiger charge is -2.37. The lowest BCUT2D eigenvalue weighted by atomic mass is 9.90. The molecule has 8 heteroatoms. The van der Waals surface area contributed by atoms with Gasteiger partial charge in [-0.05, 0) is 62.2 Å². The predicted octanol–water partition coefficient (Wildman–Crippen LogP) is 3.58. The topological polar surface area (TPSA) is 84.9 Å². The minimum Gasteiger partial charge on any atom is -0.497 e. The summed E-state index contributed by atoms with van der Waals surface area (Å²) in [6.45, 7) is 6.29. The van der Waals surface area contributed by atoms with Gasteiger partial charge < -0.3 is 14.4 Å². The minimum atomic E-state index is -3.79. The molecule has 0 aliphatic carbocycles. The van der Waals surface area contributed by atoms with E-state index in [1.54, 1.807) is 36.3 Å². The van der Waals surface area contributed by atoms with Crippen LogP contribution in [0.15, 0.2) is 41.3 Å². The highest BCUT2D eigenvalue weighted by atomic mass is 32.2. The van der Waals surface area contributed by atoms with E-state index >= 15 is 0 Å². The van der Waals surface area contributed by atoms with E-state index in [-0.39, 0.29) is 10.8 Å². The molecule has 2 aliphatic rings. The fraction of sp³-hybridized carbons (Fsp3) is 0.435. The fourth-order valence-corrected chi connectivity index (χ4v) is 5.58. The van der Waals surface area contributed by atoms with E-state index in [4.69, 9.17) is 9.47 Å². The molecule has 2 aliphatic heterocycles. The van der Waals surface area contributed by atoms with Gasteiger partial charge in [0.2, 0.25) is 15.9 Å². The molecule has 0 saturated carbocycles. The molecule has 1 N–H and O–H groups in total. The molecule has 4 rings (SSSR count). The van der Waals surface area contributed by atoms with Gasteiger partial charge in [0, 0.05) is 30.6 Å². The van der Waals surface area contributed by atoms with Crippen LogP contribution < -0.4 is 19.1 Å². The highest BCUT2D eigenvalue weighted by Crippen LogP contribution is 2.42. The Morgan fingerprint density at radius 2 is 2.03 bits per heavy atom. The summed E-state index contributed by atoms with van der Waals surface area (Å²) >= 11 is 0. The maximum Gasteiger partial charge on any atom is 0.241 e. The zero-order valence-electron chi connectivity index (χ0n) is 18.3. The van der Waals surface area contributed by atoms with Crippen LogP contribution in [-0.4, -0.2) is 33.6 Å². The number of hydrogen-bond acceptors (Lipinski definition) is 5. The quantitative estimate of drug-likeness (QED) is 0.762. The van der Waals surface area contributed by atoms with Crippen LogP contribution in [0.3, 0.4) is 0 Å². The molecule has 2 aromatic carbocycles. The molecule has 166 valence electrons. The maximum atomic E-state index is 13.3.